The molecule has 17 heavy (non-hydrogen) atoms. The molecule has 1 rings (SSSR count). The van der Waals surface area contributed by atoms with E-state index in [1.165, 1.54) is 19.2 Å². The van der Waals surface area contributed by atoms with Gasteiger partial charge < -0.3 is 15.2 Å². The lowest BCUT2D eigenvalue weighted by Crippen LogP contribution is -2.32. The van der Waals surface area contributed by atoms with Crippen molar-refractivity contribution >= 4 is 5.91 Å². The summed E-state index contributed by atoms with van der Waals surface area (Å²) in [5, 5.41) is 11.7. The van der Waals surface area contributed by atoms with Crippen LogP contribution in [0.15, 0.2) is 18.2 Å². The van der Waals surface area contributed by atoms with Gasteiger partial charge in [-0.2, -0.15) is 0 Å². The predicted octanol–water partition coefficient (Wildman–Crippen LogP) is 1.34. The second kappa shape index (κ2) is 6.20. The van der Waals surface area contributed by atoms with E-state index in [-0.39, 0.29) is 12.1 Å². The number of carbonyl (C=O) groups excluding carboxylic acids is 1. The highest BCUT2D eigenvalue weighted by Crippen LogP contribution is 2.15. The van der Waals surface area contributed by atoms with Crippen LogP contribution in [0.3, 0.4) is 0 Å². The monoisotopic (exact) mass is 241 g/mol. The third kappa shape index (κ3) is 3.71. The SMILES string of the molecule is CCC(O)CNC(=O)c1ccc(OC)cc1F. The first-order valence-corrected chi connectivity index (χ1v) is 5.38. The Morgan fingerprint density at radius 3 is 2.82 bits per heavy atom. The van der Waals surface area contributed by atoms with Crippen LogP contribution in [0.4, 0.5) is 4.39 Å². The molecule has 1 amide bonds. The van der Waals surface area contributed by atoms with Gasteiger partial charge in [-0.25, -0.2) is 4.39 Å². The Labute approximate surface area is 99.4 Å². The Bertz CT molecular complexity index is 395. The van der Waals surface area contributed by atoms with Crippen molar-refractivity contribution in [3.63, 3.8) is 0 Å². The molecule has 1 atom stereocenters. The number of aliphatic hydroxyl groups excluding tert-OH is 1. The minimum absolute atomic E-state index is 0.0610. The lowest BCUT2D eigenvalue weighted by molar-refractivity contribution is 0.0910. The van der Waals surface area contributed by atoms with Crippen molar-refractivity contribution in [2.45, 2.75) is 19.4 Å². The van der Waals surface area contributed by atoms with E-state index in [9.17, 15) is 14.3 Å². The molecule has 1 aromatic rings. The van der Waals surface area contributed by atoms with Crippen molar-refractivity contribution in [3.8, 4) is 5.75 Å². The van der Waals surface area contributed by atoms with Crippen molar-refractivity contribution in [1.82, 2.24) is 5.32 Å². The number of benzene rings is 1. The minimum atomic E-state index is -0.646. The van der Waals surface area contributed by atoms with E-state index in [1.807, 2.05) is 0 Å². The molecule has 1 unspecified atom stereocenters. The third-order valence-electron chi connectivity index (χ3n) is 2.39. The van der Waals surface area contributed by atoms with Crippen LogP contribution in [0, 0.1) is 5.82 Å². The van der Waals surface area contributed by atoms with Gasteiger partial charge in [0.2, 0.25) is 0 Å². The number of methoxy groups -OCH3 is 1. The van der Waals surface area contributed by atoms with Crippen LogP contribution < -0.4 is 10.1 Å². The highest BCUT2D eigenvalue weighted by molar-refractivity contribution is 5.94. The molecule has 94 valence electrons. The van der Waals surface area contributed by atoms with Crippen LogP contribution in [-0.4, -0.2) is 30.8 Å². The van der Waals surface area contributed by atoms with Crippen LogP contribution in [0.1, 0.15) is 23.7 Å². The van der Waals surface area contributed by atoms with Gasteiger partial charge in [0.15, 0.2) is 0 Å². The standard InChI is InChI=1S/C12H16FNO3/c1-3-8(15)7-14-12(16)10-5-4-9(17-2)6-11(10)13/h4-6,8,15H,3,7H2,1-2H3,(H,14,16). The summed E-state index contributed by atoms with van der Waals surface area (Å²) in [6.45, 7) is 1.91. The highest BCUT2D eigenvalue weighted by atomic mass is 19.1. The van der Waals surface area contributed by atoms with Crippen LogP contribution in [0.25, 0.3) is 0 Å². The largest absolute Gasteiger partial charge is 0.497 e. The number of hydrogen-bond acceptors (Lipinski definition) is 3. The first-order chi connectivity index (χ1) is 8.08. The summed E-state index contributed by atoms with van der Waals surface area (Å²) in [5.41, 5.74) is -0.0610. The summed E-state index contributed by atoms with van der Waals surface area (Å²) < 4.78 is 18.3. The van der Waals surface area contributed by atoms with Gasteiger partial charge in [0, 0.05) is 12.6 Å². The summed E-state index contributed by atoms with van der Waals surface area (Å²) in [7, 11) is 1.42. The van der Waals surface area contributed by atoms with Gasteiger partial charge in [-0.05, 0) is 18.6 Å². The van der Waals surface area contributed by atoms with Crippen molar-refractivity contribution in [1.29, 1.82) is 0 Å². The molecule has 0 spiro atoms. The molecule has 0 saturated heterocycles. The van der Waals surface area contributed by atoms with E-state index in [0.29, 0.717) is 12.2 Å². The zero-order chi connectivity index (χ0) is 12.8. The van der Waals surface area contributed by atoms with Gasteiger partial charge in [0.25, 0.3) is 5.91 Å². The Balaban J connectivity index is 2.69. The normalized spacial score (nSPS) is 12.0. The van der Waals surface area contributed by atoms with E-state index in [0.717, 1.165) is 6.07 Å². The zero-order valence-electron chi connectivity index (χ0n) is 9.87. The summed E-state index contributed by atoms with van der Waals surface area (Å²) >= 11 is 0. The minimum Gasteiger partial charge on any atom is -0.497 e. The number of nitrogens with one attached hydrogen (secondary N) is 1. The van der Waals surface area contributed by atoms with Crippen molar-refractivity contribution in [2.24, 2.45) is 0 Å². The van der Waals surface area contributed by atoms with Gasteiger partial charge >= 0.3 is 0 Å². The van der Waals surface area contributed by atoms with Crippen LogP contribution in [0.5, 0.6) is 5.75 Å². The maximum absolute atomic E-state index is 13.5. The Kier molecular flexibility index (Phi) is 4.90. The second-order valence-electron chi connectivity index (χ2n) is 3.62. The molecule has 0 aliphatic rings. The zero-order valence-corrected chi connectivity index (χ0v) is 9.87. The molecule has 4 nitrogen and oxygen atoms in total. The van der Waals surface area contributed by atoms with E-state index >= 15 is 0 Å². The molecule has 0 aromatic heterocycles. The van der Waals surface area contributed by atoms with E-state index < -0.39 is 17.8 Å². The molecule has 0 fully saturated rings. The van der Waals surface area contributed by atoms with Crippen LogP contribution >= 0.6 is 0 Å². The van der Waals surface area contributed by atoms with Gasteiger partial charge in [0.1, 0.15) is 11.6 Å². The summed E-state index contributed by atoms with van der Waals surface area (Å²) in [6.07, 6.45) is -0.0778. The molecule has 0 bridgehead atoms. The number of hydrogen-bond donors (Lipinski definition) is 2. The maximum Gasteiger partial charge on any atom is 0.254 e. The average molecular weight is 241 g/mol. The molecular formula is C12H16FNO3. The van der Waals surface area contributed by atoms with Crippen molar-refractivity contribution in [3.05, 3.63) is 29.6 Å². The molecule has 0 heterocycles. The Morgan fingerprint density at radius 2 is 2.29 bits per heavy atom. The number of aliphatic hydroxyl groups is 1. The summed E-state index contributed by atoms with van der Waals surface area (Å²) in [5.74, 6) is -0.835. The molecule has 1 aromatic carbocycles. The number of carbonyl (C=O) groups is 1. The van der Waals surface area contributed by atoms with Crippen molar-refractivity contribution < 1.29 is 19.0 Å². The fraction of sp³-hybridized carbons (Fsp3) is 0.417. The Hall–Kier alpha value is -1.62. The summed E-state index contributed by atoms with van der Waals surface area (Å²) in [4.78, 5) is 11.6. The van der Waals surface area contributed by atoms with Gasteiger partial charge in [-0.3, -0.25) is 4.79 Å². The van der Waals surface area contributed by atoms with Gasteiger partial charge in [0.05, 0.1) is 18.8 Å². The van der Waals surface area contributed by atoms with Crippen LogP contribution in [0.2, 0.25) is 0 Å². The van der Waals surface area contributed by atoms with E-state index in [2.05, 4.69) is 5.32 Å². The molecule has 2 N–H and O–H groups in total. The van der Waals surface area contributed by atoms with Crippen molar-refractivity contribution in [2.75, 3.05) is 13.7 Å². The molecule has 0 saturated carbocycles. The number of amides is 1. The Morgan fingerprint density at radius 1 is 1.59 bits per heavy atom. The molecule has 0 aliphatic heterocycles. The molecular weight excluding hydrogens is 225 g/mol. The molecule has 0 aliphatic carbocycles. The highest BCUT2D eigenvalue weighted by Gasteiger charge is 2.13. The topological polar surface area (TPSA) is 58.6 Å². The fourth-order valence-electron chi connectivity index (χ4n) is 1.26. The lowest BCUT2D eigenvalue weighted by atomic mass is 10.2. The average Bonchev–Trinajstić information content (AvgIpc) is 2.35. The smallest absolute Gasteiger partial charge is 0.254 e. The van der Waals surface area contributed by atoms with Gasteiger partial charge in [-0.15, -0.1) is 0 Å². The third-order valence-corrected chi connectivity index (χ3v) is 2.39. The molecule has 5 heteroatoms. The van der Waals surface area contributed by atoms with E-state index in [1.54, 1.807) is 6.92 Å². The molecule has 0 radical (unpaired) electrons. The fourth-order valence-corrected chi connectivity index (χ4v) is 1.26. The predicted molar refractivity (Wildman–Crippen MR) is 61.6 cm³/mol. The van der Waals surface area contributed by atoms with Gasteiger partial charge in [-0.1, -0.05) is 6.92 Å². The number of rotatable bonds is 5. The lowest BCUT2D eigenvalue weighted by Gasteiger charge is -2.10. The summed E-state index contributed by atoms with van der Waals surface area (Å²) in [6, 6.07) is 4.00. The quantitative estimate of drug-likeness (QED) is 0.817. The first-order valence-electron chi connectivity index (χ1n) is 5.38. The van der Waals surface area contributed by atoms with Crippen LogP contribution in [-0.2, 0) is 0 Å². The second-order valence-corrected chi connectivity index (χ2v) is 3.62. The number of halogens is 1. The first kappa shape index (κ1) is 13.4. The maximum atomic E-state index is 13.5. The van der Waals surface area contributed by atoms with E-state index in [4.69, 9.17) is 4.74 Å². The number of ether oxygens (including phenoxy) is 1.